The van der Waals surface area contributed by atoms with Crippen LogP contribution >= 0.6 is 0 Å². The molecule has 29 heavy (non-hydrogen) atoms. The van der Waals surface area contributed by atoms with Crippen LogP contribution in [0.1, 0.15) is 30.2 Å². The Bertz CT molecular complexity index is 996. The van der Waals surface area contributed by atoms with Crippen LogP contribution in [-0.2, 0) is 10.4 Å². The lowest BCUT2D eigenvalue weighted by Crippen LogP contribution is -2.52. The minimum absolute atomic E-state index is 0.00424. The summed E-state index contributed by atoms with van der Waals surface area (Å²) in [7, 11) is 0. The zero-order chi connectivity index (χ0) is 22.0. The smallest absolute Gasteiger partial charge is 0.392 e. The zero-order valence-electron chi connectivity index (χ0n) is 15.6. The number of halogens is 3. The number of carbonyl (C=O) groups excluding carboxylic acids is 1. The topological polar surface area (TPSA) is 135 Å². The van der Waals surface area contributed by atoms with Gasteiger partial charge in [-0.25, -0.2) is 9.97 Å². The number of anilines is 1. The van der Waals surface area contributed by atoms with Crippen LogP contribution in [0.15, 0.2) is 24.4 Å². The SMILES string of the molecule is Cc1ccc(C(O)(C(N)=O)C(F)(F)F)cc1-c1cnc(N)c(C#CCC(C)O)n1. The van der Waals surface area contributed by atoms with Gasteiger partial charge in [0.1, 0.15) is 0 Å². The van der Waals surface area contributed by atoms with Crippen molar-refractivity contribution in [3.05, 3.63) is 41.2 Å². The fourth-order valence-electron chi connectivity index (χ4n) is 2.47. The van der Waals surface area contributed by atoms with Gasteiger partial charge in [0.15, 0.2) is 11.5 Å². The normalized spacial score (nSPS) is 14.4. The number of aliphatic hydroxyl groups is 2. The molecule has 7 nitrogen and oxygen atoms in total. The number of aliphatic hydroxyl groups excluding tert-OH is 1. The molecule has 2 atom stereocenters. The summed E-state index contributed by atoms with van der Waals surface area (Å²) >= 11 is 0. The molecule has 2 rings (SSSR count). The first-order valence-electron chi connectivity index (χ1n) is 8.38. The van der Waals surface area contributed by atoms with E-state index in [4.69, 9.17) is 11.5 Å². The lowest BCUT2D eigenvalue weighted by molar-refractivity contribution is -0.255. The Hall–Kier alpha value is -3.16. The molecule has 1 aromatic heterocycles. The highest BCUT2D eigenvalue weighted by Crippen LogP contribution is 2.40. The third kappa shape index (κ3) is 4.47. The second-order valence-electron chi connectivity index (χ2n) is 6.45. The molecule has 10 heteroatoms. The summed E-state index contributed by atoms with van der Waals surface area (Å²) in [5, 5.41) is 19.3. The molecule has 0 bridgehead atoms. The van der Waals surface area contributed by atoms with Crippen molar-refractivity contribution in [2.45, 2.75) is 38.1 Å². The number of aromatic nitrogens is 2. The summed E-state index contributed by atoms with van der Waals surface area (Å²) < 4.78 is 40.1. The fraction of sp³-hybridized carbons (Fsp3) is 0.316. The van der Waals surface area contributed by atoms with Gasteiger partial charge < -0.3 is 21.7 Å². The number of primary amides is 1. The number of amides is 1. The van der Waals surface area contributed by atoms with Gasteiger partial charge in [0.05, 0.1) is 18.0 Å². The zero-order valence-corrected chi connectivity index (χ0v) is 15.6. The van der Waals surface area contributed by atoms with Crippen LogP contribution in [-0.4, -0.2) is 38.4 Å². The summed E-state index contributed by atoms with van der Waals surface area (Å²) in [6, 6.07) is 3.23. The third-order valence-corrected chi connectivity index (χ3v) is 4.10. The average molecular weight is 408 g/mol. The Morgan fingerprint density at radius 2 is 2.00 bits per heavy atom. The number of hydrogen-bond acceptors (Lipinski definition) is 6. The van der Waals surface area contributed by atoms with E-state index < -0.39 is 29.4 Å². The second kappa shape index (κ2) is 8.06. The molecule has 1 amide bonds. The van der Waals surface area contributed by atoms with Crippen LogP contribution in [0.5, 0.6) is 0 Å². The molecular weight excluding hydrogens is 389 g/mol. The molecule has 0 spiro atoms. The number of aryl methyl sites for hydroxylation is 1. The van der Waals surface area contributed by atoms with E-state index in [0.29, 0.717) is 5.56 Å². The van der Waals surface area contributed by atoms with Crippen LogP contribution in [0.25, 0.3) is 11.3 Å². The Balaban J connectivity index is 2.61. The van der Waals surface area contributed by atoms with Crippen molar-refractivity contribution in [1.29, 1.82) is 0 Å². The minimum atomic E-state index is -5.32. The van der Waals surface area contributed by atoms with Crippen LogP contribution in [0.3, 0.4) is 0 Å². The van der Waals surface area contributed by atoms with Gasteiger partial charge in [0.25, 0.3) is 11.5 Å². The van der Waals surface area contributed by atoms with Crippen molar-refractivity contribution in [3.8, 4) is 23.1 Å². The number of benzene rings is 1. The molecule has 2 aromatic rings. The van der Waals surface area contributed by atoms with Crippen molar-refractivity contribution in [2.75, 3.05) is 5.73 Å². The first-order chi connectivity index (χ1) is 13.4. The highest BCUT2D eigenvalue weighted by atomic mass is 19.4. The van der Waals surface area contributed by atoms with E-state index in [2.05, 4.69) is 21.8 Å². The van der Waals surface area contributed by atoms with Crippen LogP contribution in [0.4, 0.5) is 19.0 Å². The molecular formula is C19H19F3N4O3. The maximum absolute atomic E-state index is 13.4. The van der Waals surface area contributed by atoms with Gasteiger partial charge in [0.2, 0.25) is 0 Å². The van der Waals surface area contributed by atoms with Crippen LogP contribution < -0.4 is 11.5 Å². The number of hydrogen-bond donors (Lipinski definition) is 4. The molecule has 0 saturated carbocycles. The Kier molecular flexibility index (Phi) is 6.15. The van der Waals surface area contributed by atoms with E-state index in [9.17, 15) is 28.2 Å². The predicted molar refractivity (Wildman–Crippen MR) is 98.9 cm³/mol. The second-order valence-corrected chi connectivity index (χ2v) is 6.45. The van der Waals surface area contributed by atoms with Crippen LogP contribution in [0, 0.1) is 18.8 Å². The van der Waals surface area contributed by atoms with Gasteiger partial charge in [0, 0.05) is 17.5 Å². The van der Waals surface area contributed by atoms with Gasteiger partial charge in [-0.2, -0.15) is 13.2 Å². The van der Waals surface area contributed by atoms with Crippen LogP contribution in [0.2, 0.25) is 0 Å². The molecule has 2 unspecified atom stereocenters. The first kappa shape index (κ1) is 22.1. The molecule has 0 aliphatic carbocycles. The molecule has 1 heterocycles. The highest BCUT2D eigenvalue weighted by Gasteiger charge is 2.60. The summed E-state index contributed by atoms with van der Waals surface area (Å²) in [5.41, 5.74) is 6.85. The van der Waals surface area contributed by atoms with E-state index in [1.807, 2.05) is 0 Å². The number of nitrogens with zero attached hydrogens (tertiary/aromatic N) is 2. The highest BCUT2D eigenvalue weighted by molar-refractivity contribution is 5.86. The molecule has 0 saturated heterocycles. The maximum atomic E-state index is 13.4. The van der Waals surface area contributed by atoms with Gasteiger partial charge in [-0.05, 0) is 31.4 Å². The standard InChI is InChI=1S/C19H19F3N4O3/c1-10-6-7-12(18(29,17(24)28)19(20,21)22)8-13(10)15-9-25-16(23)14(26-15)5-3-4-11(2)27/h6-9,11,27,29H,4H2,1-2H3,(H2,23,25)(H2,24,28). The van der Waals surface area contributed by atoms with Gasteiger partial charge >= 0.3 is 6.18 Å². The largest absolute Gasteiger partial charge is 0.430 e. The van der Waals surface area contributed by atoms with E-state index in [0.717, 1.165) is 12.1 Å². The molecule has 6 N–H and O–H groups in total. The monoisotopic (exact) mass is 408 g/mol. The predicted octanol–water partition coefficient (Wildman–Crippen LogP) is 1.39. The van der Waals surface area contributed by atoms with E-state index in [1.54, 1.807) is 13.8 Å². The lowest BCUT2D eigenvalue weighted by Gasteiger charge is -2.28. The van der Waals surface area contributed by atoms with Crippen molar-refractivity contribution >= 4 is 11.7 Å². The molecule has 1 aromatic carbocycles. The average Bonchev–Trinajstić information content (AvgIpc) is 2.61. The quantitative estimate of drug-likeness (QED) is 0.565. The fourth-order valence-corrected chi connectivity index (χ4v) is 2.47. The van der Waals surface area contributed by atoms with E-state index in [1.165, 1.54) is 12.3 Å². The number of nitrogen functional groups attached to an aromatic ring is 1. The Morgan fingerprint density at radius 3 is 2.55 bits per heavy atom. The summed E-state index contributed by atoms with van der Waals surface area (Å²) in [4.78, 5) is 19.6. The minimum Gasteiger partial charge on any atom is -0.392 e. The van der Waals surface area contributed by atoms with Crippen molar-refractivity contribution in [2.24, 2.45) is 5.73 Å². The summed E-state index contributed by atoms with van der Waals surface area (Å²) in [6.07, 6.45) is -4.59. The number of alkyl halides is 3. The lowest BCUT2D eigenvalue weighted by atomic mass is 9.89. The Labute approximate surface area is 164 Å². The molecule has 0 radical (unpaired) electrons. The van der Waals surface area contributed by atoms with Gasteiger partial charge in [-0.15, -0.1) is 0 Å². The number of nitrogens with two attached hydrogens (primary N) is 2. The molecule has 0 aliphatic heterocycles. The van der Waals surface area contributed by atoms with E-state index in [-0.39, 0.29) is 29.2 Å². The first-order valence-corrected chi connectivity index (χ1v) is 8.38. The molecule has 154 valence electrons. The summed E-state index contributed by atoms with van der Waals surface area (Å²) in [6.45, 7) is 3.16. The third-order valence-electron chi connectivity index (χ3n) is 4.10. The number of carbonyl (C=O) groups is 1. The molecule has 0 aliphatic rings. The van der Waals surface area contributed by atoms with Gasteiger partial charge in [-0.3, -0.25) is 4.79 Å². The van der Waals surface area contributed by atoms with Crippen molar-refractivity contribution in [1.82, 2.24) is 9.97 Å². The summed E-state index contributed by atoms with van der Waals surface area (Å²) in [5.74, 6) is 3.38. The van der Waals surface area contributed by atoms with Crippen molar-refractivity contribution in [3.63, 3.8) is 0 Å². The number of rotatable bonds is 4. The Morgan fingerprint density at radius 1 is 1.34 bits per heavy atom. The van der Waals surface area contributed by atoms with Gasteiger partial charge in [-0.1, -0.05) is 18.1 Å². The van der Waals surface area contributed by atoms with E-state index >= 15 is 0 Å². The maximum Gasteiger partial charge on any atom is 0.430 e. The van der Waals surface area contributed by atoms with Crippen molar-refractivity contribution < 1.29 is 28.2 Å². The molecule has 0 fully saturated rings.